The van der Waals surface area contributed by atoms with Crippen LogP contribution in [0.15, 0.2) is 82.3 Å². The maximum atomic E-state index is 6.40. The van der Waals surface area contributed by atoms with E-state index in [1.54, 1.807) is 19.2 Å². The lowest BCUT2D eigenvalue weighted by Crippen LogP contribution is -2.07. The van der Waals surface area contributed by atoms with Crippen molar-refractivity contribution in [2.24, 2.45) is 5.10 Å². The predicted molar refractivity (Wildman–Crippen MR) is 114 cm³/mol. The van der Waals surface area contributed by atoms with Crippen LogP contribution >= 0.6 is 23.2 Å². The maximum absolute atomic E-state index is 6.40. The zero-order chi connectivity index (χ0) is 19.5. The van der Waals surface area contributed by atoms with E-state index in [2.05, 4.69) is 10.5 Å². The molecule has 0 bridgehead atoms. The lowest BCUT2D eigenvalue weighted by atomic mass is 10.1. The number of anilines is 1. The number of halogens is 2. The molecule has 0 radical (unpaired) electrons. The Balaban J connectivity index is 1.90. The van der Waals surface area contributed by atoms with Gasteiger partial charge in [0, 0.05) is 22.0 Å². The molecule has 0 aliphatic carbocycles. The van der Waals surface area contributed by atoms with E-state index < -0.39 is 0 Å². The van der Waals surface area contributed by atoms with Gasteiger partial charge in [0.15, 0.2) is 5.58 Å². The first-order chi connectivity index (χ1) is 13.6. The van der Waals surface area contributed by atoms with Crippen molar-refractivity contribution in [3.8, 4) is 17.1 Å². The highest BCUT2D eigenvalue weighted by Gasteiger charge is 2.11. The first-order valence-electron chi connectivity index (χ1n) is 8.56. The zero-order valence-corrected chi connectivity index (χ0v) is 16.5. The Morgan fingerprint density at radius 3 is 2.39 bits per heavy atom. The van der Waals surface area contributed by atoms with Crippen molar-refractivity contribution in [3.63, 3.8) is 0 Å². The minimum absolute atomic E-state index is 0.425. The van der Waals surface area contributed by atoms with Gasteiger partial charge in [-0.2, -0.15) is 5.10 Å². The molecule has 6 heteroatoms. The van der Waals surface area contributed by atoms with Gasteiger partial charge in [0.05, 0.1) is 23.2 Å². The number of fused-ring (bicyclic) bond motifs is 1. The Hall–Kier alpha value is -2.95. The highest BCUT2D eigenvalue weighted by Crippen LogP contribution is 2.30. The summed E-state index contributed by atoms with van der Waals surface area (Å²) >= 11 is 12.6. The molecule has 28 heavy (non-hydrogen) atoms. The van der Waals surface area contributed by atoms with Crippen molar-refractivity contribution in [1.82, 2.24) is 0 Å². The van der Waals surface area contributed by atoms with Crippen molar-refractivity contribution in [2.75, 3.05) is 12.5 Å². The molecule has 0 spiro atoms. The van der Waals surface area contributed by atoms with Crippen molar-refractivity contribution in [1.29, 1.82) is 0 Å². The van der Waals surface area contributed by atoms with Gasteiger partial charge in [-0.05, 0) is 48.5 Å². The molecule has 4 rings (SSSR count). The van der Waals surface area contributed by atoms with E-state index in [-0.39, 0.29) is 0 Å². The molecule has 4 aromatic rings. The number of benzene rings is 3. The molecular weight excluding hydrogens is 395 g/mol. The van der Waals surface area contributed by atoms with Crippen LogP contribution in [0.25, 0.3) is 22.3 Å². The molecule has 0 fully saturated rings. The number of para-hydroxylation sites is 1. The summed E-state index contributed by atoms with van der Waals surface area (Å²) in [7, 11) is 1.63. The van der Waals surface area contributed by atoms with Gasteiger partial charge in [-0.15, -0.1) is 0 Å². The van der Waals surface area contributed by atoms with Crippen LogP contribution in [0.4, 0.5) is 5.69 Å². The topological polar surface area (TPSA) is 46.8 Å². The summed E-state index contributed by atoms with van der Waals surface area (Å²) in [6.07, 6.45) is 0. The van der Waals surface area contributed by atoms with Crippen LogP contribution in [0.1, 0.15) is 0 Å². The van der Waals surface area contributed by atoms with Crippen molar-refractivity contribution in [3.05, 3.63) is 88.2 Å². The Morgan fingerprint density at radius 1 is 0.929 bits per heavy atom. The van der Waals surface area contributed by atoms with Crippen LogP contribution < -0.4 is 15.5 Å². The summed E-state index contributed by atoms with van der Waals surface area (Å²) in [5.74, 6) is 1.40. The molecule has 0 saturated carbocycles. The molecule has 0 atom stereocenters. The molecule has 0 unspecified atom stereocenters. The standard InChI is InChI=1S/C22H16Cl2N2O2/c1-27-17-9-7-14(8-10-17)21-13-20(26-25-16-5-3-2-4-6-16)18-11-15(23)12-19(24)22(18)28-21/h2-13,25H,1H3/b26-20+. The first kappa shape index (κ1) is 18.4. The summed E-state index contributed by atoms with van der Waals surface area (Å²) in [6, 6.07) is 22.6. The van der Waals surface area contributed by atoms with Gasteiger partial charge in [-0.3, -0.25) is 5.43 Å². The number of hydrogen-bond donors (Lipinski definition) is 1. The van der Waals surface area contributed by atoms with E-state index in [0.29, 0.717) is 26.7 Å². The monoisotopic (exact) mass is 410 g/mol. The van der Waals surface area contributed by atoms with Gasteiger partial charge >= 0.3 is 0 Å². The van der Waals surface area contributed by atoms with Crippen LogP contribution in [0, 0.1) is 0 Å². The number of ether oxygens (including phenoxy) is 1. The van der Waals surface area contributed by atoms with E-state index in [4.69, 9.17) is 32.4 Å². The van der Waals surface area contributed by atoms with Gasteiger partial charge in [-0.1, -0.05) is 41.4 Å². The molecular formula is C22H16Cl2N2O2. The Labute approximate surface area is 172 Å². The predicted octanol–water partition coefficient (Wildman–Crippen LogP) is 6.34. The molecule has 1 N–H and O–H groups in total. The van der Waals surface area contributed by atoms with Gasteiger partial charge in [-0.25, -0.2) is 0 Å². The lowest BCUT2D eigenvalue weighted by molar-refractivity contribution is 0.415. The van der Waals surface area contributed by atoms with Gasteiger partial charge in [0.2, 0.25) is 0 Å². The molecule has 1 heterocycles. The maximum Gasteiger partial charge on any atom is 0.155 e. The number of nitrogens with one attached hydrogen (secondary N) is 1. The van der Waals surface area contributed by atoms with Crippen molar-refractivity contribution in [2.45, 2.75) is 0 Å². The second kappa shape index (κ2) is 7.97. The molecule has 0 aliphatic rings. The second-order valence-electron chi connectivity index (χ2n) is 6.08. The van der Waals surface area contributed by atoms with E-state index in [1.165, 1.54) is 0 Å². The minimum Gasteiger partial charge on any atom is -0.497 e. The highest BCUT2D eigenvalue weighted by molar-refractivity contribution is 6.38. The highest BCUT2D eigenvalue weighted by atomic mass is 35.5. The third-order valence-corrected chi connectivity index (χ3v) is 4.72. The average Bonchev–Trinajstić information content (AvgIpc) is 2.73. The van der Waals surface area contributed by atoms with Gasteiger partial charge in [0.1, 0.15) is 11.5 Å². The summed E-state index contributed by atoms with van der Waals surface area (Å²) in [6.45, 7) is 0. The molecule has 1 aromatic heterocycles. The second-order valence-corrected chi connectivity index (χ2v) is 6.92. The van der Waals surface area contributed by atoms with Crippen LogP contribution in [0.3, 0.4) is 0 Å². The van der Waals surface area contributed by atoms with E-state index in [9.17, 15) is 0 Å². The molecule has 0 amide bonds. The number of methoxy groups -OCH3 is 1. The third kappa shape index (κ3) is 3.84. The smallest absolute Gasteiger partial charge is 0.155 e. The number of nitrogens with zero attached hydrogens (tertiary/aromatic N) is 1. The summed E-state index contributed by atoms with van der Waals surface area (Å²) in [5, 5.41) is 6.88. The van der Waals surface area contributed by atoms with E-state index in [0.717, 1.165) is 22.4 Å². The van der Waals surface area contributed by atoms with E-state index >= 15 is 0 Å². The van der Waals surface area contributed by atoms with Crippen molar-refractivity contribution >= 4 is 39.9 Å². The fourth-order valence-electron chi connectivity index (χ4n) is 2.82. The van der Waals surface area contributed by atoms with Crippen molar-refractivity contribution < 1.29 is 9.15 Å². The molecule has 3 aromatic carbocycles. The zero-order valence-electron chi connectivity index (χ0n) is 14.9. The van der Waals surface area contributed by atoms with Crippen LogP contribution in [0.2, 0.25) is 10.0 Å². The molecule has 140 valence electrons. The number of rotatable bonds is 4. The van der Waals surface area contributed by atoms with E-state index in [1.807, 2.05) is 60.7 Å². The third-order valence-electron chi connectivity index (χ3n) is 4.22. The number of hydrogen-bond acceptors (Lipinski definition) is 4. The Kier molecular flexibility index (Phi) is 5.24. The van der Waals surface area contributed by atoms with Gasteiger partial charge < -0.3 is 9.15 Å². The SMILES string of the molecule is COc1ccc(-c2c/c(=N\Nc3ccccc3)c3cc(Cl)cc(Cl)c3o2)cc1. The summed E-state index contributed by atoms with van der Waals surface area (Å²) in [5.41, 5.74) is 5.34. The fraction of sp³-hybridized carbons (Fsp3) is 0.0455. The Bertz CT molecular complexity index is 1190. The average molecular weight is 411 g/mol. The van der Waals surface area contributed by atoms with Crippen LogP contribution in [-0.4, -0.2) is 7.11 Å². The normalized spacial score (nSPS) is 11.6. The Morgan fingerprint density at radius 2 is 1.68 bits per heavy atom. The van der Waals surface area contributed by atoms with Crippen LogP contribution in [0.5, 0.6) is 5.75 Å². The first-order valence-corrected chi connectivity index (χ1v) is 9.32. The summed E-state index contributed by atoms with van der Waals surface area (Å²) < 4.78 is 11.3. The quantitative estimate of drug-likeness (QED) is 0.399. The minimum atomic E-state index is 0.425. The molecule has 0 saturated heterocycles. The van der Waals surface area contributed by atoms with Crippen LogP contribution in [-0.2, 0) is 0 Å². The van der Waals surface area contributed by atoms with Gasteiger partial charge in [0.25, 0.3) is 0 Å². The molecule has 4 nitrogen and oxygen atoms in total. The molecule has 0 aliphatic heterocycles. The lowest BCUT2D eigenvalue weighted by Gasteiger charge is -2.08. The largest absolute Gasteiger partial charge is 0.497 e. The summed E-state index contributed by atoms with van der Waals surface area (Å²) in [4.78, 5) is 0. The fourth-order valence-corrected chi connectivity index (χ4v) is 3.36.